The lowest BCUT2D eigenvalue weighted by Gasteiger charge is -2.27. The van der Waals surface area contributed by atoms with Crippen LogP contribution in [0.25, 0.3) is 5.78 Å². The Kier molecular flexibility index (Phi) is 4.19. The number of rotatable bonds is 5. The SMILES string of the molecule is Cc1c(C(=O)NCC(C)(O)CN(C)C)cnc2ncnn12. The van der Waals surface area contributed by atoms with E-state index in [9.17, 15) is 9.90 Å². The van der Waals surface area contributed by atoms with Gasteiger partial charge in [-0.1, -0.05) is 0 Å². The minimum atomic E-state index is -1.00. The van der Waals surface area contributed by atoms with Gasteiger partial charge in [0, 0.05) is 19.3 Å². The molecular formula is C13H20N6O2. The third-order valence-electron chi connectivity index (χ3n) is 3.08. The van der Waals surface area contributed by atoms with Crippen LogP contribution in [0.4, 0.5) is 0 Å². The largest absolute Gasteiger partial charge is 0.387 e. The van der Waals surface area contributed by atoms with Gasteiger partial charge in [-0.25, -0.2) is 9.50 Å². The molecule has 2 aromatic rings. The minimum absolute atomic E-state index is 0.152. The molecule has 0 spiro atoms. The second kappa shape index (κ2) is 5.74. The van der Waals surface area contributed by atoms with Gasteiger partial charge in [0.15, 0.2) is 0 Å². The van der Waals surface area contributed by atoms with Crippen LogP contribution in [-0.4, -0.2) is 68.3 Å². The molecule has 0 saturated heterocycles. The van der Waals surface area contributed by atoms with Crippen molar-refractivity contribution >= 4 is 11.7 Å². The number of likely N-dealkylation sites (N-methyl/N-ethyl adjacent to an activating group) is 1. The van der Waals surface area contributed by atoms with Crippen molar-refractivity contribution in [2.75, 3.05) is 27.2 Å². The molecule has 1 amide bonds. The molecule has 0 bridgehead atoms. The molecule has 0 saturated carbocycles. The molecule has 2 heterocycles. The number of nitrogens with one attached hydrogen (secondary N) is 1. The van der Waals surface area contributed by atoms with E-state index in [0.29, 0.717) is 23.6 Å². The molecule has 2 N–H and O–H groups in total. The summed E-state index contributed by atoms with van der Waals surface area (Å²) in [7, 11) is 3.73. The summed E-state index contributed by atoms with van der Waals surface area (Å²) in [6.45, 7) is 4.06. The average Bonchev–Trinajstić information content (AvgIpc) is 2.84. The quantitative estimate of drug-likeness (QED) is 0.769. The molecule has 0 aliphatic heterocycles. The molecule has 1 atom stereocenters. The third kappa shape index (κ3) is 3.53. The smallest absolute Gasteiger partial charge is 0.254 e. The topological polar surface area (TPSA) is 95.7 Å². The Morgan fingerprint density at radius 3 is 2.86 bits per heavy atom. The second-order valence-electron chi connectivity index (χ2n) is 5.65. The normalized spacial score (nSPS) is 14.4. The summed E-state index contributed by atoms with van der Waals surface area (Å²) >= 11 is 0. The van der Waals surface area contributed by atoms with E-state index in [-0.39, 0.29) is 12.5 Å². The van der Waals surface area contributed by atoms with Crippen LogP contribution in [0.3, 0.4) is 0 Å². The Labute approximate surface area is 122 Å². The van der Waals surface area contributed by atoms with E-state index in [1.165, 1.54) is 17.0 Å². The third-order valence-corrected chi connectivity index (χ3v) is 3.08. The first-order chi connectivity index (χ1) is 9.80. The Bertz CT molecular complexity index is 649. The van der Waals surface area contributed by atoms with Crippen LogP contribution in [0.1, 0.15) is 23.0 Å². The molecule has 114 valence electrons. The van der Waals surface area contributed by atoms with E-state index in [1.54, 1.807) is 13.8 Å². The Morgan fingerprint density at radius 2 is 2.19 bits per heavy atom. The van der Waals surface area contributed by atoms with Crippen LogP contribution < -0.4 is 5.32 Å². The zero-order valence-corrected chi connectivity index (χ0v) is 12.7. The van der Waals surface area contributed by atoms with Gasteiger partial charge >= 0.3 is 0 Å². The van der Waals surface area contributed by atoms with Gasteiger partial charge in [0.2, 0.25) is 0 Å². The van der Waals surface area contributed by atoms with Gasteiger partial charge in [-0.05, 0) is 27.9 Å². The van der Waals surface area contributed by atoms with Gasteiger partial charge in [-0.15, -0.1) is 0 Å². The standard InChI is InChI=1S/C13H20N6O2/c1-9-10(5-14-12-16-8-17-19(9)12)11(20)15-6-13(2,21)7-18(3)4/h5,8,21H,6-7H2,1-4H3,(H,15,20). The van der Waals surface area contributed by atoms with E-state index < -0.39 is 5.60 Å². The molecule has 0 aliphatic carbocycles. The van der Waals surface area contributed by atoms with Crippen LogP contribution >= 0.6 is 0 Å². The number of hydrogen-bond acceptors (Lipinski definition) is 6. The van der Waals surface area contributed by atoms with Gasteiger partial charge < -0.3 is 15.3 Å². The molecular weight excluding hydrogens is 272 g/mol. The zero-order valence-electron chi connectivity index (χ0n) is 12.7. The summed E-state index contributed by atoms with van der Waals surface area (Å²) in [5, 5.41) is 16.9. The summed E-state index contributed by atoms with van der Waals surface area (Å²) in [6, 6.07) is 0. The van der Waals surface area contributed by atoms with Crippen molar-refractivity contribution in [3.8, 4) is 0 Å². The molecule has 2 aromatic heterocycles. The maximum Gasteiger partial charge on any atom is 0.254 e. The Balaban J connectivity index is 2.10. The number of nitrogens with zero attached hydrogens (tertiary/aromatic N) is 5. The number of carbonyl (C=O) groups excluding carboxylic acids is 1. The predicted molar refractivity (Wildman–Crippen MR) is 77.0 cm³/mol. The zero-order chi connectivity index (χ0) is 15.6. The molecule has 2 rings (SSSR count). The number of aryl methyl sites for hydroxylation is 1. The van der Waals surface area contributed by atoms with Crippen LogP contribution in [0, 0.1) is 6.92 Å². The van der Waals surface area contributed by atoms with Gasteiger partial charge in [-0.3, -0.25) is 4.79 Å². The van der Waals surface area contributed by atoms with Crippen molar-refractivity contribution in [3.63, 3.8) is 0 Å². The van der Waals surface area contributed by atoms with E-state index >= 15 is 0 Å². The van der Waals surface area contributed by atoms with Crippen molar-refractivity contribution in [2.45, 2.75) is 19.4 Å². The Hall–Kier alpha value is -2.06. The van der Waals surface area contributed by atoms with E-state index in [4.69, 9.17) is 0 Å². The van der Waals surface area contributed by atoms with Crippen molar-refractivity contribution < 1.29 is 9.90 Å². The van der Waals surface area contributed by atoms with Crippen LogP contribution in [0.15, 0.2) is 12.5 Å². The molecule has 0 radical (unpaired) electrons. The first kappa shape index (κ1) is 15.3. The molecule has 8 nitrogen and oxygen atoms in total. The highest BCUT2D eigenvalue weighted by Crippen LogP contribution is 2.08. The predicted octanol–water partition coefficient (Wildman–Crippen LogP) is -0.525. The highest BCUT2D eigenvalue weighted by Gasteiger charge is 2.23. The summed E-state index contributed by atoms with van der Waals surface area (Å²) in [5.41, 5.74) is 0.0635. The van der Waals surface area contributed by atoms with Gasteiger partial charge in [0.05, 0.1) is 16.9 Å². The Morgan fingerprint density at radius 1 is 1.48 bits per heavy atom. The lowest BCUT2D eigenvalue weighted by atomic mass is 10.1. The number of hydrogen-bond donors (Lipinski definition) is 2. The number of amides is 1. The fourth-order valence-corrected chi connectivity index (χ4v) is 2.22. The fourth-order valence-electron chi connectivity index (χ4n) is 2.22. The highest BCUT2D eigenvalue weighted by atomic mass is 16.3. The number of carbonyl (C=O) groups is 1. The van der Waals surface area contributed by atoms with E-state index in [2.05, 4.69) is 20.4 Å². The molecule has 0 aliphatic rings. The molecule has 1 unspecified atom stereocenters. The molecule has 0 fully saturated rings. The first-order valence-electron chi connectivity index (χ1n) is 6.61. The second-order valence-corrected chi connectivity index (χ2v) is 5.65. The summed E-state index contributed by atoms with van der Waals surface area (Å²) in [6.07, 6.45) is 2.86. The lowest BCUT2D eigenvalue weighted by Crippen LogP contribution is -2.47. The monoisotopic (exact) mass is 292 g/mol. The van der Waals surface area contributed by atoms with Crippen molar-refractivity contribution in [1.29, 1.82) is 0 Å². The van der Waals surface area contributed by atoms with Crippen molar-refractivity contribution in [3.05, 3.63) is 23.8 Å². The van der Waals surface area contributed by atoms with Gasteiger partial charge in [0.25, 0.3) is 11.7 Å². The highest BCUT2D eigenvalue weighted by molar-refractivity contribution is 5.95. The molecule has 8 heteroatoms. The molecule has 0 aromatic carbocycles. The van der Waals surface area contributed by atoms with Crippen LogP contribution in [0.2, 0.25) is 0 Å². The maximum absolute atomic E-state index is 12.2. The number of aromatic nitrogens is 4. The minimum Gasteiger partial charge on any atom is -0.387 e. The van der Waals surface area contributed by atoms with Crippen LogP contribution in [0.5, 0.6) is 0 Å². The lowest BCUT2D eigenvalue weighted by molar-refractivity contribution is 0.0325. The first-order valence-corrected chi connectivity index (χ1v) is 6.61. The summed E-state index contributed by atoms with van der Waals surface area (Å²) in [5.74, 6) is 0.153. The van der Waals surface area contributed by atoms with Gasteiger partial charge in [-0.2, -0.15) is 10.1 Å². The summed E-state index contributed by atoms with van der Waals surface area (Å²) in [4.78, 5) is 22.1. The fraction of sp³-hybridized carbons (Fsp3) is 0.538. The van der Waals surface area contributed by atoms with E-state index in [0.717, 1.165) is 0 Å². The van der Waals surface area contributed by atoms with Crippen LogP contribution in [-0.2, 0) is 0 Å². The average molecular weight is 292 g/mol. The maximum atomic E-state index is 12.2. The summed E-state index contributed by atoms with van der Waals surface area (Å²) < 4.78 is 1.51. The van der Waals surface area contributed by atoms with Crippen molar-refractivity contribution in [1.82, 2.24) is 29.8 Å². The number of aliphatic hydroxyl groups is 1. The van der Waals surface area contributed by atoms with Crippen molar-refractivity contribution in [2.24, 2.45) is 0 Å². The molecule has 21 heavy (non-hydrogen) atoms. The van der Waals surface area contributed by atoms with E-state index in [1.807, 2.05) is 19.0 Å². The van der Waals surface area contributed by atoms with Gasteiger partial charge in [0.1, 0.15) is 6.33 Å². The number of fused-ring (bicyclic) bond motifs is 1.